The zero-order valence-corrected chi connectivity index (χ0v) is 15.2. The van der Waals surface area contributed by atoms with Crippen LogP contribution in [0.2, 0.25) is 0 Å². The van der Waals surface area contributed by atoms with Gasteiger partial charge in [-0.25, -0.2) is 9.59 Å². The predicted octanol–water partition coefficient (Wildman–Crippen LogP) is 1.86. The number of esters is 2. The molecule has 0 radical (unpaired) electrons. The number of ether oxygens (including phenoxy) is 2. The Morgan fingerprint density at radius 2 is 1.63 bits per heavy atom. The maximum atomic E-state index is 12.5. The van der Waals surface area contributed by atoms with E-state index in [0.29, 0.717) is 24.0 Å². The molecule has 1 aliphatic heterocycles. The smallest absolute Gasteiger partial charge is 0.337 e. The van der Waals surface area contributed by atoms with Gasteiger partial charge in [-0.2, -0.15) is 0 Å². The Kier molecular flexibility index (Phi) is 5.39. The van der Waals surface area contributed by atoms with Crippen molar-refractivity contribution in [1.82, 2.24) is 4.90 Å². The number of nitrogens with zero attached hydrogens (tertiary/aromatic N) is 1. The Hall–Kier alpha value is -2.96. The number of likely N-dealkylation sites (tertiary alicyclic amines) is 1. The molecule has 2 amide bonds. The molecule has 0 bridgehead atoms. The molecular weight excluding hydrogens is 350 g/mol. The quantitative estimate of drug-likeness (QED) is 0.446. The summed E-state index contributed by atoms with van der Waals surface area (Å²) in [6, 6.07) is 5.48. The van der Waals surface area contributed by atoms with Crippen molar-refractivity contribution in [2.45, 2.75) is 32.4 Å². The summed E-state index contributed by atoms with van der Waals surface area (Å²) in [4.78, 5) is 49.9. The van der Waals surface area contributed by atoms with Crippen molar-refractivity contribution >= 4 is 23.8 Å². The van der Waals surface area contributed by atoms with Gasteiger partial charge in [0.15, 0.2) is 0 Å². The van der Waals surface area contributed by atoms with Crippen LogP contribution in [-0.2, 0) is 30.5 Å². The fourth-order valence-corrected chi connectivity index (χ4v) is 3.44. The first kappa shape index (κ1) is 18.8. The van der Waals surface area contributed by atoms with E-state index in [1.54, 1.807) is 24.3 Å². The first-order valence-electron chi connectivity index (χ1n) is 8.80. The van der Waals surface area contributed by atoms with Gasteiger partial charge in [0, 0.05) is 0 Å². The number of benzene rings is 1. The summed E-state index contributed by atoms with van der Waals surface area (Å²) in [5, 5.41) is 0. The molecule has 0 spiro atoms. The lowest BCUT2D eigenvalue weighted by Crippen LogP contribution is -2.44. The summed E-state index contributed by atoms with van der Waals surface area (Å²) in [7, 11) is 1.30. The van der Waals surface area contributed by atoms with Crippen LogP contribution in [0.3, 0.4) is 0 Å². The van der Waals surface area contributed by atoms with E-state index in [1.165, 1.54) is 14.0 Å². The van der Waals surface area contributed by atoms with Gasteiger partial charge in [-0.1, -0.05) is 24.3 Å². The Balaban J connectivity index is 1.60. The van der Waals surface area contributed by atoms with Crippen molar-refractivity contribution in [3.05, 3.63) is 47.5 Å². The van der Waals surface area contributed by atoms with Gasteiger partial charge in [-0.3, -0.25) is 14.5 Å². The lowest BCUT2D eigenvalue weighted by molar-refractivity contribution is -0.159. The molecule has 0 unspecified atom stereocenters. The molecule has 1 fully saturated rings. The van der Waals surface area contributed by atoms with Crippen LogP contribution in [0.1, 0.15) is 35.7 Å². The SMILES string of the molecule is COC(=O)c1ccc(COC(=O)[C@H](C)N2C(=O)[C@H]3CC=CC[C@@H]3C2=O)cc1. The molecule has 7 heteroatoms. The van der Waals surface area contributed by atoms with Crippen LogP contribution < -0.4 is 0 Å². The van der Waals surface area contributed by atoms with Crippen molar-refractivity contribution in [3.8, 4) is 0 Å². The highest BCUT2D eigenvalue weighted by Crippen LogP contribution is 2.36. The standard InChI is InChI=1S/C20H21NO6/c1-12(21-17(22)15-5-3-4-6-16(15)18(21)23)19(24)27-11-13-7-9-14(10-8-13)20(25)26-2/h3-4,7-10,12,15-16H,5-6,11H2,1-2H3/t12-,15-,16-/m0/s1. The minimum atomic E-state index is -0.968. The summed E-state index contributed by atoms with van der Waals surface area (Å²) >= 11 is 0. The summed E-state index contributed by atoms with van der Waals surface area (Å²) in [5.41, 5.74) is 1.07. The highest BCUT2D eigenvalue weighted by molar-refractivity contribution is 6.08. The number of fused-ring (bicyclic) bond motifs is 1. The number of imide groups is 1. The molecule has 0 N–H and O–H groups in total. The molecule has 7 nitrogen and oxygen atoms in total. The topological polar surface area (TPSA) is 90.0 Å². The van der Waals surface area contributed by atoms with Gasteiger partial charge in [0.1, 0.15) is 12.6 Å². The summed E-state index contributed by atoms with van der Waals surface area (Å²) in [6.45, 7) is 1.48. The summed E-state index contributed by atoms with van der Waals surface area (Å²) in [5.74, 6) is -2.44. The number of hydrogen-bond acceptors (Lipinski definition) is 6. The van der Waals surface area contributed by atoms with Crippen LogP contribution in [0.4, 0.5) is 0 Å². The van der Waals surface area contributed by atoms with Crippen LogP contribution in [0.25, 0.3) is 0 Å². The van der Waals surface area contributed by atoms with Gasteiger partial charge in [-0.15, -0.1) is 0 Å². The highest BCUT2D eigenvalue weighted by atomic mass is 16.5. The van der Waals surface area contributed by atoms with E-state index in [2.05, 4.69) is 4.74 Å². The largest absolute Gasteiger partial charge is 0.465 e. The van der Waals surface area contributed by atoms with Crippen LogP contribution in [-0.4, -0.2) is 41.8 Å². The number of carbonyl (C=O) groups is 4. The van der Waals surface area contributed by atoms with Gasteiger partial charge >= 0.3 is 11.9 Å². The highest BCUT2D eigenvalue weighted by Gasteiger charge is 2.50. The number of amides is 2. The fraction of sp³-hybridized carbons (Fsp3) is 0.400. The van der Waals surface area contributed by atoms with E-state index < -0.39 is 18.0 Å². The van der Waals surface area contributed by atoms with Gasteiger partial charge in [0.2, 0.25) is 11.8 Å². The molecule has 0 saturated carbocycles. The number of carbonyl (C=O) groups excluding carboxylic acids is 4. The third-order valence-electron chi connectivity index (χ3n) is 5.03. The average Bonchev–Trinajstić information content (AvgIpc) is 2.96. The van der Waals surface area contributed by atoms with Crippen LogP contribution in [0.5, 0.6) is 0 Å². The molecule has 1 aliphatic carbocycles. The number of methoxy groups -OCH3 is 1. The Morgan fingerprint density at radius 1 is 1.07 bits per heavy atom. The molecule has 2 aliphatic rings. The summed E-state index contributed by atoms with van der Waals surface area (Å²) in [6.07, 6.45) is 4.85. The summed E-state index contributed by atoms with van der Waals surface area (Å²) < 4.78 is 9.89. The second-order valence-electron chi connectivity index (χ2n) is 6.67. The van der Waals surface area contributed by atoms with Crippen molar-refractivity contribution < 1.29 is 28.7 Å². The predicted molar refractivity (Wildman–Crippen MR) is 94.2 cm³/mol. The fourth-order valence-electron chi connectivity index (χ4n) is 3.44. The van der Waals surface area contributed by atoms with Crippen LogP contribution >= 0.6 is 0 Å². The molecule has 1 saturated heterocycles. The van der Waals surface area contributed by atoms with Crippen molar-refractivity contribution in [3.63, 3.8) is 0 Å². The third-order valence-corrected chi connectivity index (χ3v) is 5.03. The molecule has 3 rings (SSSR count). The maximum Gasteiger partial charge on any atom is 0.337 e. The number of rotatable bonds is 5. The van der Waals surface area contributed by atoms with E-state index >= 15 is 0 Å². The minimum absolute atomic E-state index is 0.0186. The van der Waals surface area contributed by atoms with E-state index in [-0.39, 0.29) is 30.3 Å². The van der Waals surface area contributed by atoms with E-state index in [9.17, 15) is 19.2 Å². The first-order chi connectivity index (χ1) is 12.9. The van der Waals surface area contributed by atoms with Crippen LogP contribution in [0.15, 0.2) is 36.4 Å². The second kappa shape index (κ2) is 7.73. The monoisotopic (exact) mass is 371 g/mol. The first-order valence-corrected chi connectivity index (χ1v) is 8.80. The van der Waals surface area contributed by atoms with Gasteiger partial charge in [0.05, 0.1) is 24.5 Å². The minimum Gasteiger partial charge on any atom is -0.465 e. The average molecular weight is 371 g/mol. The number of hydrogen-bond donors (Lipinski definition) is 0. The second-order valence-corrected chi connectivity index (χ2v) is 6.67. The molecule has 142 valence electrons. The molecule has 1 aromatic carbocycles. The lowest BCUT2D eigenvalue weighted by atomic mass is 9.85. The van der Waals surface area contributed by atoms with Crippen molar-refractivity contribution in [2.75, 3.05) is 7.11 Å². The van der Waals surface area contributed by atoms with E-state index in [0.717, 1.165) is 4.90 Å². The van der Waals surface area contributed by atoms with Gasteiger partial charge < -0.3 is 9.47 Å². The van der Waals surface area contributed by atoms with Crippen molar-refractivity contribution in [1.29, 1.82) is 0 Å². The zero-order chi connectivity index (χ0) is 19.6. The molecule has 1 heterocycles. The Bertz CT molecular complexity index is 771. The third kappa shape index (κ3) is 3.63. The van der Waals surface area contributed by atoms with Gasteiger partial charge in [0.25, 0.3) is 0 Å². The van der Waals surface area contributed by atoms with E-state index in [1.807, 2.05) is 12.2 Å². The Morgan fingerprint density at radius 3 is 2.15 bits per heavy atom. The zero-order valence-electron chi connectivity index (χ0n) is 15.2. The molecule has 3 atom stereocenters. The normalized spacial score (nSPS) is 22.4. The lowest BCUT2D eigenvalue weighted by Gasteiger charge is -2.21. The molecule has 0 aromatic heterocycles. The van der Waals surface area contributed by atoms with Gasteiger partial charge in [-0.05, 0) is 37.5 Å². The maximum absolute atomic E-state index is 12.5. The molecular formula is C20H21NO6. The van der Waals surface area contributed by atoms with Crippen molar-refractivity contribution in [2.24, 2.45) is 11.8 Å². The molecule has 1 aromatic rings. The Labute approximate surface area is 156 Å². The van der Waals surface area contributed by atoms with E-state index in [4.69, 9.17) is 4.74 Å². The molecule has 27 heavy (non-hydrogen) atoms. The van der Waals surface area contributed by atoms with Crippen LogP contribution in [0, 0.1) is 11.8 Å². The number of allylic oxidation sites excluding steroid dienone is 2.